The Kier molecular flexibility index (Phi) is 5.80. The van der Waals surface area contributed by atoms with E-state index >= 15 is 0 Å². The summed E-state index contributed by atoms with van der Waals surface area (Å²) in [6.45, 7) is 7.10. The van der Waals surface area contributed by atoms with Crippen LogP contribution in [0.4, 0.5) is 11.6 Å². The summed E-state index contributed by atoms with van der Waals surface area (Å²) in [5.74, 6) is 1.11. The Hall–Kier alpha value is -4.85. The minimum absolute atomic E-state index is 0.0202. The van der Waals surface area contributed by atoms with Gasteiger partial charge in [-0.15, -0.1) is 5.10 Å². The number of hydrogen-bond donors (Lipinski definition) is 2. The predicted octanol–water partition coefficient (Wildman–Crippen LogP) is 4.72. The van der Waals surface area contributed by atoms with Crippen molar-refractivity contribution < 1.29 is 0 Å². The first kappa shape index (κ1) is 26.1. The van der Waals surface area contributed by atoms with Crippen LogP contribution < -0.4 is 16.2 Å². The van der Waals surface area contributed by atoms with E-state index < -0.39 is 6.04 Å². The van der Waals surface area contributed by atoms with E-state index in [-0.39, 0.29) is 16.7 Å². The smallest absolute Gasteiger partial charge is 0.258 e. The highest BCUT2D eigenvalue weighted by Gasteiger charge is 2.64. The van der Waals surface area contributed by atoms with E-state index in [9.17, 15) is 10.1 Å². The second-order valence-corrected chi connectivity index (χ2v) is 12.8. The molecule has 0 saturated heterocycles. The molecule has 2 atom stereocenters. The zero-order chi connectivity index (χ0) is 29.2. The number of benzene rings is 1. The molecular weight excluding hydrogens is 528 g/mol. The number of nitrogens with zero attached hydrogens (tertiary/aromatic N) is 8. The first-order valence-electron chi connectivity index (χ1n) is 14.2. The van der Waals surface area contributed by atoms with Gasteiger partial charge in [-0.3, -0.25) is 4.79 Å². The van der Waals surface area contributed by atoms with Gasteiger partial charge in [0.05, 0.1) is 18.3 Å². The van der Waals surface area contributed by atoms with E-state index in [1.165, 1.54) is 19.2 Å². The maximum atomic E-state index is 13.0. The van der Waals surface area contributed by atoms with Gasteiger partial charge in [0, 0.05) is 30.6 Å². The van der Waals surface area contributed by atoms with Crippen molar-refractivity contribution in [1.29, 1.82) is 5.26 Å². The van der Waals surface area contributed by atoms with Gasteiger partial charge >= 0.3 is 0 Å². The molecular formula is C31H32N10O. The molecule has 42 heavy (non-hydrogen) atoms. The molecule has 1 aromatic carbocycles. The Morgan fingerprint density at radius 1 is 1.17 bits per heavy atom. The lowest BCUT2D eigenvalue weighted by Crippen LogP contribution is -2.20. The van der Waals surface area contributed by atoms with Gasteiger partial charge < -0.3 is 15.2 Å². The fourth-order valence-corrected chi connectivity index (χ4v) is 5.79. The van der Waals surface area contributed by atoms with Crippen LogP contribution in [0.5, 0.6) is 0 Å². The van der Waals surface area contributed by atoms with Crippen LogP contribution in [0.1, 0.15) is 69.1 Å². The number of aryl methyl sites for hydroxylation is 1. The monoisotopic (exact) mass is 560 g/mol. The molecule has 2 saturated carbocycles. The second-order valence-electron chi connectivity index (χ2n) is 12.8. The summed E-state index contributed by atoms with van der Waals surface area (Å²) in [6, 6.07) is 11.6. The van der Waals surface area contributed by atoms with Crippen LogP contribution in [0.3, 0.4) is 0 Å². The number of rotatable bonds is 7. The van der Waals surface area contributed by atoms with E-state index in [1.54, 1.807) is 17.8 Å². The lowest BCUT2D eigenvalue weighted by molar-refractivity contribution is 0.442. The topological polar surface area (TPSA) is 139 Å². The van der Waals surface area contributed by atoms with Gasteiger partial charge in [0.25, 0.3) is 5.56 Å². The Morgan fingerprint density at radius 3 is 2.74 bits per heavy atom. The Morgan fingerprint density at radius 2 is 2.00 bits per heavy atom. The highest BCUT2D eigenvalue weighted by atomic mass is 16.1. The van der Waals surface area contributed by atoms with Gasteiger partial charge in [-0.25, -0.2) is 19.6 Å². The van der Waals surface area contributed by atoms with Gasteiger partial charge in [-0.1, -0.05) is 38.1 Å². The molecule has 2 aliphatic carbocycles. The van der Waals surface area contributed by atoms with Gasteiger partial charge in [-0.2, -0.15) is 5.26 Å². The molecule has 0 aliphatic heterocycles. The van der Waals surface area contributed by atoms with E-state index in [1.807, 2.05) is 41.2 Å². The first-order valence-corrected chi connectivity index (χ1v) is 14.2. The molecule has 0 radical (unpaired) electrons. The maximum absolute atomic E-state index is 13.0. The minimum atomic E-state index is -0.490. The van der Waals surface area contributed by atoms with Crippen LogP contribution in [0, 0.1) is 22.2 Å². The Balaban J connectivity index is 1.35. The standard InChI is InChI=1S/C31H32N10O/c1-30(2,3)16-33-28-21-12-25(36-22(14-32)26(21)34-17-35-28)37-27(23-15-41(39-38-23)24-13-31(24)9-10-31)19-6-5-7-20-18(19)8-11-40(4)29(20)42/h5-8,11-12,15,17,24,27H,9-10,13,16H2,1-4H3,(H,36,37)(H,33,34,35)/t24?,27-/m0/s1. The van der Waals surface area contributed by atoms with E-state index in [4.69, 9.17) is 0 Å². The van der Waals surface area contributed by atoms with Crippen molar-refractivity contribution in [1.82, 2.24) is 34.5 Å². The average Bonchev–Trinajstić information content (AvgIpc) is 3.86. The lowest BCUT2D eigenvalue weighted by Gasteiger charge is -2.21. The third-order valence-corrected chi connectivity index (χ3v) is 8.45. The number of nitriles is 1. The van der Waals surface area contributed by atoms with Crippen LogP contribution in [0.25, 0.3) is 21.7 Å². The molecule has 0 bridgehead atoms. The lowest BCUT2D eigenvalue weighted by atomic mass is 9.97. The molecule has 4 heterocycles. The Bertz CT molecular complexity index is 1960. The zero-order valence-corrected chi connectivity index (χ0v) is 24.1. The van der Waals surface area contributed by atoms with Crippen LogP contribution in [0.15, 0.2) is 53.8 Å². The molecule has 1 unspecified atom stereocenters. The summed E-state index contributed by atoms with van der Waals surface area (Å²) in [5.41, 5.74) is 2.61. The fraction of sp³-hybridized carbons (Fsp3) is 0.387. The van der Waals surface area contributed by atoms with Gasteiger partial charge in [-0.05, 0) is 59.2 Å². The molecule has 2 N–H and O–H groups in total. The number of nitrogens with one attached hydrogen (secondary N) is 2. The molecule has 2 fully saturated rings. The van der Waals surface area contributed by atoms with E-state index in [0.717, 1.165) is 17.4 Å². The van der Waals surface area contributed by atoms with Crippen LogP contribution >= 0.6 is 0 Å². The highest BCUT2D eigenvalue weighted by Crippen LogP contribution is 2.72. The van der Waals surface area contributed by atoms with E-state index in [2.05, 4.69) is 62.7 Å². The molecule has 2 aliphatic rings. The molecule has 11 heteroatoms. The summed E-state index contributed by atoms with van der Waals surface area (Å²) in [6.07, 6.45) is 8.85. The summed E-state index contributed by atoms with van der Waals surface area (Å²) in [5, 5.41) is 28.2. The van der Waals surface area contributed by atoms with Gasteiger partial charge in [0.1, 0.15) is 35.2 Å². The molecule has 11 nitrogen and oxygen atoms in total. The summed E-state index contributed by atoms with van der Waals surface area (Å²) in [4.78, 5) is 26.5. The molecule has 212 valence electrons. The quantitative estimate of drug-likeness (QED) is 0.289. The van der Waals surface area contributed by atoms with Crippen molar-refractivity contribution in [3.8, 4) is 6.07 Å². The number of fused-ring (bicyclic) bond motifs is 2. The van der Waals surface area contributed by atoms with Crippen molar-refractivity contribution in [2.45, 2.75) is 52.1 Å². The van der Waals surface area contributed by atoms with Crippen LogP contribution in [-0.4, -0.2) is 41.1 Å². The van der Waals surface area contributed by atoms with Crippen molar-refractivity contribution >= 4 is 33.3 Å². The van der Waals surface area contributed by atoms with Crippen molar-refractivity contribution in [2.24, 2.45) is 17.9 Å². The molecule has 1 spiro atoms. The van der Waals surface area contributed by atoms with Gasteiger partial charge in [0.2, 0.25) is 0 Å². The second kappa shape index (κ2) is 9.34. The summed E-state index contributed by atoms with van der Waals surface area (Å²) < 4.78 is 3.56. The maximum Gasteiger partial charge on any atom is 0.258 e. The average molecular weight is 561 g/mol. The van der Waals surface area contributed by atoms with Crippen LogP contribution in [-0.2, 0) is 7.05 Å². The fourth-order valence-electron chi connectivity index (χ4n) is 5.79. The third kappa shape index (κ3) is 4.53. The SMILES string of the molecule is Cn1ccc2c([C@H](Nc3cc4c(NCC(C)(C)C)ncnc4c(C#N)n3)c3cn(C4CC45CC5)nn3)cccc2c1=O. The molecule has 5 aromatic rings. The third-order valence-electron chi connectivity index (χ3n) is 8.45. The number of hydrogen-bond acceptors (Lipinski definition) is 9. The van der Waals surface area contributed by atoms with Crippen molar-refractivity contribution in [2.75, 3.05) is 17.2 Å². The van der Waals surface area contributed by atoms with Crippen LogP contribution in [0.2, 0.25) is 0 Å². The summed E-state index contributed by atoms with van der Waals surface area (Å²) in [7, 11) is 1.74. The van der Waals surface area contributed by atoms with Gasteiger partial charge in [0.15, 0.2) is 5.69 Å². The summed E-state index contributed by atoms with van der Waals surface area (Å²) >= 11 is 0. The predicted molar refractivity (Wildman–Crippen MR) is 160 cm³/mol. The highest BCUT2D eigenvalue weighted by molar-refractivity contribution is 5.93. The first-order chi connectivity index (χ1) is 20.2. The van der Waals surface area contributed by atoms with Crippen molar-refractivity contribution in [3.63, 3.8) is 0 Å². The molecule has 0 amide bonds. The van der Waals surface area contributed by atoms with Crippen molar-refractivity contribution in [3.05, 3.63) is 76.4 Å². The minimum Gasteiger partial charge on any atom is -0.369 e. The van der Waals surface area contributed by atoms with E-state index in [0.29, 0.717) is 51.6 Å². The zero-order valence-electron chi connectivity index (χ0n) is 24.1. The Labute approximate surface area is 242 Å². The molecule has 4 aromatic heterocycles. The number of aromatic nitrogens is 7. The largest absolute Gasteiger partial charge is 0.369 e. The molecule has 7 rings (SSSR count). The number of anilines is 2. The number of pyridine rings is 2. The normalized spacial score (nSPS) is 17.7.